The predicted molar refractivity (Wildman–Crippen MR) is 307 cm³/mol. The van der Waals surface area contributed by atoms with Gasteiger partial charge in [0.15, 0.2) is 0 Å². The molecular formula is C54H135N9O2S+4. The van der Waals surface area contributed by atoms with Gasteiger partial charge in [-0.05, 0) is 112 Å². The van der Waals surface area contributed by atoms with Crippen LogP contribution in [0.4, 0.5) is 0 Å². The molecule has 0 aliphatic carbocycles. The molecule has 0 bridgehead atoms. The molecule has 0 fully saturated rings. The Bertz CT molecular complexity index is 814. The molecule has 66 heavy (non-hydrogen) atoms. The Morgan fingerprint density at radius 3 is 1.33 bits per heavy atom. The number of thioether (sulfide) groups is 1. The number of nitrogens with zero attached hydrogens (tertiary/aromatic N) is 6. The smallest absolute Gasteiger partial charge is 0.126 e. The first-order valence-electron chi connectivity index (χ1n) is 27.0. The number of ether oxygens (including phenoxy) is 1. The van der Waals surface area contributed by atoms with Crippen LogP contribution in [0.2, 0.25) is 0 Å². The second kappa shape index (κ2) is 59.2. The van der Waals surface area contributed by atoms with Crippen LogP contribution in [-0.2, 0) is 4.74 Å². The zero-order valence-corrected chi connectivity index (χ0v) is 51.3. The average Bonchev–Trinajstić information content (AvgIpc) is 3.23. The van der Waals surface area contributed by atoms with Crippen molar-refractivity contribution in [1.82, 2.24) is 25.8 Å². The molecule has 0 heterocycles. The molecule has 0 aromatic rings. The van der Waals surface area contributed by atoms with Crippen LogP contribution in [0.25, 0.3) is 0 Å². The Kier molecular flexibility index (Phi) is 71.8. The van der Waals surface area contributed by atoms with Gasteiger partial charge in [0.1, 0.15) is 12.6 Å². The van der Waals surface area contributed by atoms with Crippen molar-refractivity contribution in [1.29, 1.82) is 0 Å². The first kappa shape index (κ1) is 80.0. The second-order valence-corrected chi connectivity index (χ2v) is 23.1. The Labute approximate surface area is 424 Å². The van der Waals surface area contributed by atoms with E-state index in [2.05, 4.69) is 179 Å². The highest BCUT2D eigenvalue weighted by Crippen LogP contribution is 2.02. The van der Waals surface area contributed by atoms with Gasteiger partial charge >= 0.3 is 0 Å². The molecule has 0 amide bonds. The number of rotatable bonds is 34. The molecule has 0 aromatic carbocycles. The molecule has 0 aliphatic rings. The Balaban J connectivity index is -0.000000125. The molecule has 0 saturated carbocycles. The summed E-state index contributed by atoms with van der Waals surface area (Å²) < 4.78 is 9.43. The highest BCUT2D eigenvalue weighted by Gasteiger charge is 2.15. The molecule has 12 heteroatoms. The third-order valence-corrected chi connectivity index (χ3v) is 10.6. The molecule has 11 nitrogen and oxygen atoms in total. The van der Waals surface area contributed by atoms with Crippen molar-refractivity contribution in [2.45, 2.75) is 144 Å². The summed E-state index contributed by atoms with van der Waals surface area (Å²) in [6, 6.07) is 0. The Morgan fingerprint density at radius 1 is 0.500 bits per heavy atom. The molecule has 0 rings (SSSR count). The minimum absolute atomic E-state index is 0.336. The maximum absolute atomic E-state index is 9.54. The quantitative estimate of drug-likeness (QED) is 0.0377. The van der Waals surface area contributed by atoms with Crippen LogP contribution in [0.1, 0.15) is 138 Å². The van der Waals surface area contributed by atoms with Crippen LogP contribution >= 0.6 is 11.8 Å². The molecule has 0 spiro atoms. The lowest BCUT2D eigenvalue weighted by atomic mass is 10.3. The van der Waals surface area contributed by atoms with E-state index in [-0.39, 0.29) is 6.10 Å². The molecule has 1 unspecified atom stereocenters. The molecular weight excluding hydrogens is 839 g/mol. The van der Waals surface area contributed by atoms with Crippen molar-refractivity contribution in [3.05, 3.63) is 0 Å². The Morgan fingerprint density at radius 2 is 0.970 bits per heavy atom. The van der Waals surface area contributed by atoms with Crippen LogP contribution in [0.3, 0.4) is 0 Å². The van der Waals surface area contributed by atoms with E-state index < -0.39 is 0 Å². The SMILES string of the molecule is CCCCN(C)CC[N+](C)(C)C.CCCCNC.CCCCNCCNC.CCCCOCC(O)C[N+](C)(C)C.CCCCSC.CCCC[N+](C)(C)C.CCCC[N+](C)(C)CCN(C)C. The highest BCUT2D eigenvalue weighted by molar-refractivity contribution is 7.98. The number of nitrogens with one attached hydrogen (secondary N) is 3. The van der Waals surface area contributed by atoms with Crippen LogP contribution in [0.15, 0.2) is 0 Å². The standard InChI is InChI=1S/2C10H25N2.C10H24NO2.C7H18N2.C7H18N.C5H13N.C5H12S/c1-6-7-9-12(4,5)10-8-11(2)3;1-6-7-8-11(2)9-10-12(3,4)5;1-5-6-7-13-9-10(12)8-11(2,3)4;1-3-4-5-9-7-6-8-2;1-5-6-7-8(2,3)4;2*1-3-4-5-6-2/h2*6-10H2,1-5H3;10,12H,5-9H2,1-4H3;8-9H,3-7H2,1-2H3;5-7H2,1-4H3;6H,3-5H2,1-2H3;3-5H2,1-2H3/q3*+1;;+1;;. The summed E-state index contributed by atoms with van der Waals surface area (Å²) in [6.45, 7) is 30.7. The number of aliphatic hydroxyl groups excluding tert-OH is 1. The lowest BCUT2D eigenvalue weighted by Crippen LogP contribution is -2.44. The third-order valence-electron chi connectivity index (χ3n) is 9.95. The minimum atomic E-state index is -0.336. The topological polar surface area (TPSA) is 72.0 Å². The van der Waals surface area contributed by atoms with Crippen molar-refractivity contribution >= 4 is 11.8 Å². The maximum atomic E-state index is 9.54. The summed E-state index contributed by atoms with van der Waals surface area (Å²) >= 11 is 1.93. The van der Waals surface area contributed by atoms with Gasteiger partial charge in [-0.25, -0.2) is 0 Å². The van der Waals surface area contributed by atoms with E-state index in [4.69, 9.17) is 4.74 Å². The fraction of sp³-hybridized carbons (Fsp3) is 1.00. The van der Waals surface area contributed by atoms with Crippen molar-refractivity contribution in [2.75, 3.05) is 217 Å². The van der Waals surface area contributed by atoms with Crippen molar-refractivity contribution < 1.29 is 27.8 Å². The van der Waals surface area contributed by atoms with Crippen LogP contribution < -0.4 is 16.0 Å². The third kappa shape index (κ3) is 106. The van der Waals surface area contributed by atoms with Gasteiger partial charge in [-0.3, -0.25) is 0 Å². The van der Waals surface area contributed by atoms with Gasteiger partial charge in [-0.1, -0.05) is 93.4 Å². The van der Waals surface area contributed by atoms with Crippen molar-refractivity contribution in [3.8, 4) is 0 Å². The summed E-state index contributed by atoms with van der Waals surface area (Å²) in [4.78, 5) is 4.68. The molecule has 0 aliphatic heterocycles. The molecule has 0 saturated heterocycles. The number of aliphatic hydroxyl groups is 1. The summed E-state index contributed by atoms with van der Waals surface area (Å²) in [5.74, 6) is 1.33. The molecule has 4 N–H and O–H groups in total. The van der Waals surface area contributed by atoms with E-state index in [1.165, 1.54) is 129 Å². The normalized spacial score (nSPS) is 11.9. The Hall–Kier alpha value is -0.0900. The van der Waals surface area contributed by atoms with E-state index in [0.717, 1.165) is 70.1 Å². The maximum Gasteiger partial charge on any atom is 0.126 e. The zero-order chi connectivity index (χ0) is 52.8. The summed E-state index contributed by atoms with van der Waals surface area (Å²) in [7, 11) is 34.7. The van der Waals surface area contributed by atoms with Gasteiger partial charge in [0.25, 0.3) is 0 Å². The number of hydrogen-bond acceptors (Lipinski definition) is 8. The predicted octanol–water partition coefficient (Wildman–Crippen LogP) is 8.96. The monoisotopic (exact) mass is 974 g/mol. The summed E-state index contributed by atoms with van der Waals surface area (Å²) in [5, 5.41) is 19.0. The molecule has 1 atom stereocenters. The lowest BCUT2D eigenvalue weighted by molar-refractivity contribution is -0.890. The van der Waals surface area contributed by atoms with E-state index in [0.29, 0.717) is 6.61 Å². The van der Waals surface area contributed by atoms with Gasteiger partial charge in [0.2, 0.25) is 0 Å². The summed E-state index contributed by atoms with van der Waals surface area (Å²) in [5.41, 5.74) is 0. The van der Waals surface area contributed by atoms with Crippen molar-refractivity contribution in [3.63, 3.8) is 0 Å². The average molecular weight is 975 g/mol. The first-order valence-corrected chi connectivity index (χ1v) is 28.4. The number of quaternary nitrogens is 4. The largest absolute Gasteiger partial charge is 0.385 e. The molecule has 0 aromatic heterocycles. The van der Waals surface area contributed by atoms with Crippen LogP contribution in [-0.4, -0.2) is 255 Å². The zero-order valence-electron chi connectivity index (χ0n) is 50.5. The first-order chi connectivity index (χ1) is 30.7. The lowest BCUT2D eigenvalue weighted by Gasteiger charge is -2.30. The molecule has 410 valence electrons. The van der Waals surface area contributed by atoms with E-state index in [1.807, 2.05) is 25.9 Å². The van der Waals surface area contributed by atoms with Gasteiger partial charge in [0, 0.05) is 32.8 Å². The minimum Gasteiger partial charge on any atom is -0.385 e. The second-order valence-electron chi connectivity index (χ2n) is 22.1. The fourth-order valence-corrected chi connectivity index (χ4v) is 5.82. The fourth-order valence-electron chi connectivity index (χ4n) is 5.24. The number of hydrogen-bond donors (Lipinski definition) is 4. The van der Waals surface area contributed by atoms with Gasteiger partial charge < -0.3 is 53.5 Å². The van der Waals surface area contributed by atoms with Gasteiger partial charge in [-0.2, -0.15) is 11.8 Å². The van der Waals surface area contributed by atoms with Crippen LogP contribution in [0, 0.1) is 0 Å². The van der Waals surface area contributed by atoms with Gasteiger partial charge in [0.05, 0.1) is 110 Å². The van der Waals surface area contributed by atoms with Gasteiger partial charge in [-0.15, -0.1) is 0 Å². The highest BCUT2D eigenvalue weighted by atomic mass is 32.2. The summed E-state index contributed by atoms with van der Waals surface area (Å²) in [6.07, 6.45) is 19.9. The van der Waals surface area contributed by atoms with Crippen molar-refractivity contribution in [2.24, 2.45) is 0 Å². The molecule has 0 radical (unpaired) electrons. The van der Waals surface area contributed by atoms with E-state index in [9.17, 15) is 5.11 Å². The van der Waals surface area contributed by atoms with Crippen LogP contribution in [0.5, 0.6) is 0 Å². The number of unbranched alkanes of at least 4 members (excludes halogenated alkanes) is 7. The van der Waals surface area contributed by atoms with E-state index in [1.54, 1.807) is 0 Å². The van der Waals surface area contributed by atoms with E-state index >= 15 is 0 Å². The number of likely N-dealkylation sites (N-methyl/N-ethyl adjacent to an activating group) is 6.